The molecule has 19 heavy (non-hydrogen) atoms. The highest BCUT2D eigenvalue weighted by molar-refractivity contribution is 5.85. The molecule has 1 aliphatic carbocycles. The predicted molar refractivity (Wildman–Crippen MR) is 78.8 cm³/mol. The van der Waals surface area contributed by atoms with E-state index in [9.17, 15) is 0 Å². The molecule has 0 saturated heterocycles. The summed E-state index contributed by atoms with van der Waals surface area (Å²) in [7, 11) is 3.82. The first kappa shape index (κ1) is 12.5. The molecule has 0 unspecified atom stereocenters. The molecule has 3 rings (SSSR count). The van der Waals surface area contributed by atoms with E-state index in [2.05, 4.69) is 35.3 Å². The van der Waals surface area contributed by atoms with Gasteiger partial charge in [0.1, 0.15) is 5.75 Å². The summed E-state index contributed by atoms with van der Waals surface area (Å²) < 4.78 is 7.49. The van der Waals surface area contributed by atoms with Crippen LogP contribution in [0.4, 0.5) is 0 Å². The molecule has 1 heterocycles. The fourth-order valence-electron chi connectivity index (χ4n) is 2.65. The molecule has 0 aliphatic heterocycles. The van der Waals surface area contributed by atoms with Gasteiger partial charge in [0.25, 0.3) is 0 Å². The summed E-state index contributed by atoms with van der Waals surface area (Å²) in [6.45, 7) is 1.14. The first-order valence-electron chi connectivity index (χ1n) is 7.13. The molecule has 0 spiro atoms. The van der Waals surface area contributed by atoms with Crippen molar-refractivity contribution in [2.45, 2.75) is 31.7 Å². The van der Waals surface area contributed by atoms with Crippen LogP contribution >= 0.6 is 0 Å². The Bertz CT molecular complexity index is 569. The number of benzene rings is 1. The zero-order valence-corrected chi connectivity index (χ0v) is 11.8. The average Bonchev–Trinajstić information content (AvgIpc) is 3.20. The normalized spacial score (nSPS) is 15.1. The number of nitrogens with one attached hydrogen (secondary N) is 1. The molecule has 1 fully saturated rings. The van der Waals surface area contributed by atoms with E-state index in [1.54, 1.807) is 7.11 Å². The highest BCUT2D eigenvalue weighted by atomic mass is 16.5. The van der Waals surface area contributed by atoms with Crippen molar-refractivity contribution < 1.29 is 4.74 Å². The lowest BCUT2D eigenvalue weighted by Crippen LogP contribution is -2.17. The molecule has 1 N–H and O–H groups in total. The topological polar surface area (TPSA) is 26.2 Å². The largest absolute Gasteiger partial charge is 0.497 e. The van der Waals surface area contributed by atoms with Crippen molar-refractivity contribution >= 4 is 10.9 Å². The molecule has 102 valence electrons. The van der Waals surface area contributed by atoms with Gasteiger partial charge in [-0.3, -0.25) is 0 Å². The number of nitrogens with zero attached hydrogens (tertiary/aromatic N) is 1. The van der Waals surface area contributed by atoms with E-state index in [0.29, 0.717) is 0 Å². The molecule has 0 radical (unpaired) electrons. The SMILES string of the molecule is COc1ccc2c(CCCNC3CC3)cn(C)c2c1. The van der Waals surface area contributed by atoms with Crippen molar-refractivity contribution in [1.82, 2.24) is 9.88 Å². The molecule has 2 aromatic rings. The fraction of sp³-hybridized carbons (Fsp3) is 0.500. The van der Waals surface area contributed by atoms with Crippen LogP contribution < -0.4 is 10.1 Å². The Hall–Kier alpha value is -1.48. The number of hydrogen-bond donors (Lipinski definition) is 1. The molecule has 0 amide bonds. The Balaban J connectivity index is 1.71. The Morgan fingerprint density at radius 1 is 1.37 bits per heavy atom. The number of aryl methyl sites for hydroxylation is 2. The number of methoxy groups -OCH3 is 1. The van der Waals surface area contributed by atoms with Crippen molar-refractivity contribution in [3.63, 3.8) is 0 Å². The zero-order chi connectivity index (χ0) is 13.2. The maximum Gasteiger partial charge on any atom is 0.120 e. The summed E-state index contributed by atoms with van der Waals surface area (Å²) in [5.74, 6) is 0.927. The molecule has 1 saturated carbocycles. The van der Waals surface area contributed by atoms with Crippen molar-refractivity contribution in [1.29, 1.82) is 0 Å². The van der Waals surface area contributed by atoms with Crippen LogP contribution in [0.15, 0.2) is 24.4 Å². The number of rotatable bonds is 6. The van der Waals surface area contributed by atoms with Crippen molar-refractivity contribution in [2.24, 2.45) is 7.05 Å². The van der Waals surface area contributed by atoms with Crippen LogP contribution in [-0.4, -0.2) is 24.3 Å². The third kappa shape index (κ3) is 2.76. The summed E-state index contributed by atoms with van der Waals surface area (Å²) in [5, 5.41) is 4.93. The standard InChI is InChI=1S/C16H22N2O/c1-18-11-12(4-3-9-17-13-5-6-13)15-8-7-14(19-2)10-16(15)18/h7-8,10-11,13,17H,3-6,9H2,1-2H3. The highest BCUT2D eigenvalue weighted by Crippen LogP contribution is 2.26. The minimum atomic E-state index is 0.816. The second-order valence-corrected chi connectivity index (χ2v) is 5.48. The number of hydrogen-bond acceptors (Lipinski definition) is 2. The number of aromatic nitrogens is 1. The zero-order valence-electron chi connectivity index (χ0n) is 11.8. The highest BCUT2D eigenvalue weighted by Gasteiger charge is 2.19. The van der Waals surface area contributed by atoms with E-state index in [1.165, 1.54) is 35.7 Å². The van der Waals surface area contributed by atoms with Crippen LogP contribution in [0.5, 0.6) is 5.75 Å². The van der Waals surface area contributed by atoms with Gasteiger partial charge < -0.3 is 14.6 Å². The summed E-state index contributed by atoms with van der Waals surface area (Å²) in [6, 6.07) is 7.16. The quantitative estimate of drug-likeness (QED) is 0.806. The van der Waals surface area contributed by atoms with Crippen LogP contribution in [0, 0.1) is 0 Å². The first-order chi connectivity index (χ1) is 9.28. The summed E-state index contributed by atoms with van der Waals surface area (Å²) >= 11 is 0. The van der Waals surface area contributed by atoms with E-state index in [-0.39, 0.29) is 0 Å². The Kier molecular flexibility index (Phi) is 3.47. The van der Waals surface area contributed by atoms with E-state index in [1.807, 2.05) is 6.07 Å². The summed E-state index contributed by atoms with van der Waals surface area (Å²) in [4.78, 5) is 0. The minimum absolute atomic E-state index is 0.816. The van der Waals surface area contributed by atoms with Gasteiger partial charge in [0.15, 0.2) is 0 Å². The van der Waals surface area contributed by atoms with Gasteiger partial charge in [-0.15, -0.1) is 0 Å². The molecule has 3 nitrogen and oxygen atoms in total. The Morgan fingerprint density at radius 2 is 2.21 bits per heavy atom. The molecular weight excluding hydrogens is 236 g/mol. The monoisotopic (exact) mass is 258 g/mol. The van der Waals surface area contributed by atoms with Crippen LogP contribution in [0.1, 0.15) is 24.8 Å². The molecule has 0 atom stereocenters. The summed E-state index contributed by atoms with van der Waals surface area (Å²) in [6.07, 6.45) is 7.34. The summed E-state index contributed by atoms with van der Waals surface area (Å²) in [5.41, 5.74) is 2.70. The second kappa shape index (κ2) is 5.25. The van der Waals surface area contributed by atoms with E-state index in [4.69, 9.17) is 4.74 Å². The number of fused-ring (bicyclic) bond motifs is 1. The lowest BCUT2D eigenvalue weighted by Gasteiger charge is -2.03. The van der Waals surface area contributed by atoms with Gasteiger partial charge in [0, 0.05) is 30.7 Å². The predicted octanol–water partition coefficient (Wildman–Crippen LogP) is 2.87. The van der Waals surface area contributed by atoms with Crippen LogP contribution in [-0.2, 0) is 13.5 Å². The molecule has 1 aromatic heterocycles. The minimum Gasteiger partial charge on any atom is -0.497 e. The third-order valence-electron chi connectivity index (χ3n) is 3.91. The maximum atomic E-state index is 5.30. The third-order valence-corrected chi connectivity index (χ3v) is 3.91. The van der Waals surface area contributed by atoms with E-state index < -0.39 is 0 Å². The van der Waals surface area contributed by atoms with Crippen molar-refractivity contribution in [3.05, 3.63) is 30.0 Å². The lowest BCUT2D eigenvalue weighted by molar-refractivity contribution is 0.415. The van der Waals surface area contributed by atoms with Gasteiger partial charge in [-0.2, -0.15) is 0 Å². The smallest absolute Gasteiger partial charge is 0.120 e. The van der Waals surface area contributed by atoms with Crippen LogP contribution in [0.2, 0.25) is 0 Å². The average molecular weight is 258 g/mol. The van der Waals surface area contributed by atoms with Crippen LogP contribution in [0.3, 0.4) is 0 Å². The Labute approximate surface area is 114 Å². The van der Waals surface area contributed by atoms with Gasteiger partial charge in [-0.05, 0) is 49.9 Å². The molecule has 0 bridgehead atoms. The van der Waals surface area contributed by atoms with E-state index >= 15 is 0 Å². The van der Waals surface area contributed by atoms with Gasteiger partial charge in [-0.1, -0.05) is 0 Å². The molecular formula is C16H22N2O. The molecule has 1 aromatic carbocycles. The van der Waals surface area contributed by atoms with Crippen LogP contribution in [0.25, 0.3) is 10.9 Å². The van der Waals surface area contributed by atoms with Gasteiger partial charge in [0.2, 0.25) is 0 Å². The molecule has 1 aliphatic rings. The molecule has 3 heteroatoms. The van der Waals surface area contributed by atoms with Crippen molar-refractivity contribution in [2.75, 3.05) is 13.7 Å². The van der Waals surface area contributed by atoms with Gasteiger partial charge in [0.05, 0.1) is 12.6 Å². The number of ether oxygens (including phenoxy) is 1. The second-order valence-electron chi connectivity index (χ2n) is 5.48. The van der Waals surface area contributed by atoms with Gasteiger partial charge in [-0.25, -0.2) is 0 Å². The Morgan fingerprint density at radius 3 is 2.95 bits per heavy atom. The fourth-order valence-corrected chi connectivity index (χ4v) is 2.65. The lowest BCUT2D eigenvalue weighted by atomic mass is 10.1. The van der Waals surface area contributed by atoms with Crippen molar-refractivity contribution in [3.8, 4) is 5.75 Å². The maximum absolute atomic E-state index is 5.30. The van der Waals surface area contributed by atoms with Gasteiger partial charge >= 0.3 is 0 Å². The first-order valence-corrected chi connectivity index (χ1v) is 7.13. The van der Waals surface area contributed by atoms with E-state index in [0.717, 1.165) is 24.8 Å².